The van der Waals surface area contributed by atoms with E-state index in [4.69, 9.17) is 21.6 Å². The SMILES string of the molecule is COc1cccc(C)c1N(C(=N)N)C(N)=O. The predicted octanol–water partition coefficient (Wildman–Crippen LogP) is 0.782. The predicted molar refractivity (Wildman–Crippen MR) is 61.7 cm³/mol. The number of para-hydroxylation sites is 1. The Bertz CT molecular complexity index is 417. The van der Waals surface area contributed by atoms with Gasteiger partial charge in [0, 0.05) is 0 Å². The minimum atomic E-state index is -0.819. The summed E-state index contributed by atoms with van der Waals surface area (Å²) in [6.45, 7) is 1.77. The number of anilines is 1. The van der Waals surface area contributed by atoms with Crippen LogP contribution < -0.4 is 21.1 Å². The van der Waals surface area contributed by atoms with E-state index in [9.17, 15) is 4.79 Å². The molecule has 0 saturated carbocycles. The fourth-order valence-electron chi connectivity index (χ4n) is 1.43. The molecule has 0 aliphatic rings. The molecule has 0 unspecified atom stereocenters. The summed E-state index contributed by atoms with van der Waals surface area (Å²) >= 11 is 0. The van der Waals surface area contributed by atoms with Crippen LogP contribution in [-0.4, -0.2) is 19.1 Å². The van der Waals surface area contributed by atoms with Crippen LogP contribution >= 0.6 is 0 Å². The van der Waals surface area contributed by atoms with Crippen LogP contribution in [-0.2, 0) is 0 Å². The van der Waals surface area contributed by atoms with Gasteiger partial charge in [0.05, 0.1) is 12.8 Å². The average molecular weight is 222 g/mol. The van der Waals surface area contributed by atoms with Gasteiger partial charge in [0.15, 0.2) is 0 Å². The number of methoxy groups -OCH3 is 1. The molecule has 0 bridgehead atoms. The average Bonchev–Trinajstić information content (AvgIpc) is 2.19. The molecule has 2 amide bonds. The standard InChI is InChI=1S/C10H14N4O2/c1-6-4-3-5-7(16-2)8(6)14(9(11)12)10(13)15/h3-5H,1-2H3,(H3,11,12)(H2,13,15). The first-order valence-corrected chi connectivity index (χ1v) is 4.56. The first-order chi connectivity index (χ1) is 7.49. The van der Waals surface area contributed by atoms with E-state index in [2.05, 4.69) is 0 Å². The van der Waals surface area contributed by atoms with Crippen molar-refractivity contribution >= 4 is 17.7 Å². The van der Waals surface area contributed by atoms with Crippen molar-refractivity contribution in [3.05, 3.63) is 23.8 Å². The second kappa shape index (κ2) is 4.52. The highest BCUT2D eigenvalue weighted by atomic mass is 16.5. The van der Waals surface area contributed by atoms with Crippen LogP contribution in [0.1, 0.15) is 5.56 Å². The van der Waals surface area contributed by atoms with Crippen LogP contribution in [0.5, 0.6) is 5.75 Å². The molecule has 6 nitrogen and oxygen atoms in total. The summed E-state index contributed by atoms with van der Waals surface area (Å²) in [5, 5.41) is 7.34. The maximum absolute atomic E-state index is 11.2. The third-order valence-electron chi connectivity index (χ3n) is 2.11. The smallest absolute Gasteiger partial charge is 0.326 e. The van der Waals surface area contributed by atoms with E-state index in [-0.39, 0.29) is 0 Å². The topological polar surface area (TPSA) is 105 Å². The largest absolute Gasteiger partial charge is 0.495 e. The highest BCUT2D eigenvalue weighted by Crippen LogP contribution is 2.31. The zero-order chi connectivity index (χ0) is 12.3. The minimum Gasteiger partial charge on any atom is -0.495 e. The number of hydrogen-bond acceptors (Lipinski definition) is 3. The second-order valence-electron chi connectivity index (χ2n) is 3.18. The van der Waals surface area contributed by atoms with Gasteiger partial charge in [-0.05, 0) is 18.6 Å². The van der Waals surface area contributed by atoms with Crippen LogP contribution in [0.25, 0.3) is 0 Å². The number of nitrogens with one attached hydrogen (secondary N) is 1. The highest BCUT2D eigenvalue weighted by molar-refractivity contribution is 6.14. The second-order valence-corrected chi connectivity index (χ2v) is 3.18. The number of ether oxygens (including phenoxy) is 1. The van der Waals surface area contributed by atoms with Crippen molar-refractivity contribution in [2.45, 2.75) is 6.92 Å². The molecular formula is C10H14N4O2. The molecular weight excluding hydrogens is 208 g/mol. The third kappa shape index (κ3) is 2.05. The molecule has 0 spiro atoms. The summed E-state index contributed by atoms with van der Waals surface area (Å²) in [6.07, 6.45) is 0. The Morgan fingerprint density at radius 2 is 2.06 bits per heavy atom. The summed E-state index contributed by atoms with van der Waals surface area (Å²) in [5.74, 6) is -0.00546. The van der Waals surface area contributed by atoms with Gasteiger partial charge in [-0.15, -0.1) is 0 Å². The van der Waals surface area contributed by atoms with Crippen LogP contribution in [0, 0.1) is 12.3 Å². The monoisotopic (exact) mass is 222 g/mol. The molecule has 16 heavy (non-hydrogen) atoms. The summed E-state index contributed by atoms with van der Waals surface area (Å²) in [5.41, 5.74) is 11.6. The van der Waals surface area contributed by atoms with E-state index < -0.39 is 12.0 Å². The fourth-order valence-corrected chi connectivity index (χ4v) is 1.43. The van der Waals surface area contributed by atoms with Crippen LogP contribution in [0.15, 0.2) is 18.2 Å². The number of amides is 2. The molecule has 5 N–H and O–H groups in total. The number of carbonyl (C=O) groups excluding carboxylic acids is 1. The lowest BCUT2D eigenvalue weighted by Crippen LogP contribution is -2.45. The van der Waals surface area contributed by atoms with Gasteiger partial charge >= 0.3 is 6.03 Å². The quantitative estimate of drug-likeness (QED) is 0.508. The summed E-state index contributed by atoms with van der Waals surface area (Å²) in [4.78, 5) is 12.1. The van der Waals surface area contributed by atoms with Gasteiger partial charge in [0.25, 0.3) is 0 Å². The number of benzene rings is 1. The number of nitrogens with two attached hydrogens (primary N) is 2. The zero-order valence-electron chi connectivity index (χ0n) is 9.15. The minimum absolute atomic E-state index is 0.394. The highest BCUT2D eigenvalue weighted by Gasteiger charge is 2.21. The number of guanidine groups is 1. The van der Waals surface area contributed by atoms with Crippen molar-refractivity contribution < 1.29 is 9.53 Å². The van der Waals surface area contributed by atoms with Gasteiger partial charge in [-0.25, -0.2) is 9.69 Å². The lowest BCUT2D eigenvalue weighted by atomic mass is 10.1. The van der Waals surface area contributed by atoms with E-state index in [1.54, 1.807) is 25.1 Å². The summed E-state index contributed by atoms with van der Waals surface area (Å²) in [6, 6.07) is 4.40. The molecule has 0 aliphatic carbocycles. The van der Waals surface area contributed by atoms with E-state index in [0.717, 1.165) is 10.5 Å². The summed E-state index contributed by atoms with van der Waals surface area (Å²) < 4.78 is 5.11. The van der Waals surface area contributed by atoms with Crippen molar-refractivity contribution in [3.63, 3.8) is 0 Å². The first-order valence-electron chi connectivity index (χ1n) is 4.56. The number of aryl methyl sites for hydroxylation is 1. The molecule has 1 aromatic rings. The molecule has 0 fully saturated rings. The first kappa shape index (κ1) is 11.8. The Kier molecular flexibility index (Phi) is 3.34. The van der Waals surface area contributed by atoms with Crippen molar-refractivity contribution in [1.29, 1.82) is 5.41 Å². The van der Waals surface area contributed by atoms with Crippen molar-refractivity contribution in [2.24, 2.45) is 11.5 Å². The van der Waals surface area contributed by atoms with Crippen molar-refractivity contribution in [1.82, 2.24) is 0 Å². The van der Waals surface area contributed by atoms with Crippen molar-refractivity contribution in [2.75, 3.05) is 12.0 Å². The van der Waals surface area contributed by atoms with E-state index in [1.165, 1.54) is 7.11 Å². The van der Waals surface area contributed by atoms with Crippen LogP contribution in [0.2, 0.25) is 0 Å². The van der Waals surface area contributed by atoms with Gasteiger partial charge in [0.1, 0.15) is 5.75 Å². The number of urea groups is 1. The van der Waals surface area contributed by atoms with Crippen LogP contribution in [0.4, 0.5) is 10.5 Å². The van der Waals surface area contributed by atoms with Gasteiger partial charge in [-0.3, -0.25) is 5.41 Å². The number of rotatable bonds is 2. The number of carbonyl (C=O) groups is 1. The molecule has 1 aromatic carbocycles. The van der Waals surface area contributed by atoms with Gasteiger partial charge < -0.3 is 16.2 Å². The number of hydrogen-bond donors (Lipinski definition) is 3. The molecule has 0 atom stereocenters. The third-order valence-corrected chi connectivity index (χ3v) is 2.11. The Balaban J connectivity index is 3.38. The fraction of sp³-hybridized carbons (Fsp3) is 0.200. The Morgan fingerprint density at radius 1 is 1.44 bits per heavy atom. The van der Waals surface area contributed by atoms with E-state index >= 15 is 0 Å². The normalized spacial score (nSPS) is 9.62. The number of nitrogens with zero attached hydrogens (tertiary/aromatic N) is 1. The van der Waals surface area contributed by atoms with Gasteiger partial charge in [-0.1, -0.05) is 12.1 Å². The molecule has 0 aromatic heterocycles. The maximum atomic E-state index is 11.2. The molecule has 0 radical (unpaired) electrons. The molecule has 1 rings (SSSR count). The lowest BCUT2D eigenvalue weighted by molar-refractivity contribution is 0.256. The Hall–Kier alpha value is -2.24. The molecule has 0 aliphatic heterocycles. The van der Waals surface area contributed by atoms with Crippen LogP contribution in [0.3, 0.4) is 0 Å². The van der Waals surface area contributed by atoms with E-state index in [1.807, 2.05) is 0 Å². The molecule has 6 heteroatoms. The summed E-state index contributed by atoms with van der Waals surface area (Å²) in [7, 11) is 1.47. The molecule has 0 heterocycles. The molecule has 86 valence electrons. The lowest BCUT2D eigenvalue weighted by Gasteiger charge is -2.22. The van der Waals surface area contributed by atoms with Gasteiger partial charge in [-0.2, -0.15) is 0 Å². The molecule has 0 saturated heterocycles. The van der Waals surface area contributed by atoms with Gasteiger partial charge in [0.2, 0.25) is 5.96 Å². The number of primary amides is 1. The Labute approximate surface area is 93.3 Å². The maximum Gasteiger partial charge on any atom is 0.326 e. The van der Waals surface area contributed by atoms with E-state index in [0.29, 0.717) is 11.4 Å². The Morgan fingerprint density at radius 3 is 2.50 bits per heavy atom. The van der Waals surface area contributed by atoms with Crippen molar-refractivity contribution in [3.8, 4) is 5.75 Å². The zero-order valence-corrected chi connectivity index (χ0v) is 9.15.